The van der Waals surface area contributed by atoms with Crippen LogP contribution in [-0.4, -0.2) is 18.2 Å². The molecule has 0 atom stereocenters. The Morgan fingerprint density at radius 1 is 1.12 bits per heavy atom. The molecule has 2 aromatic rings. The largest absolute Gasteiger partial charge is 0.455 e. The molecule has 4 nitrogen and oxygen atoms in total. The van der Waals surface area contributed by atoms with E-state index in [9.17, 15) is 0 Å². The number of ether oxygens (including phenoxy) is 1. The first-order chi connectivity index (χ1) is 11.8. The summed E-state index contributed by atoms with van der Waals surface area (Å²) in [5.74, 6) is 1.48. The maximum atomic E-state index is 6.40. The topological polar surface area (TPSA) is 59.3 Å². The molecular weight excluding hydrogens is 354 g/mol. The van der Waals surface area contributed by atoms with Crippen molar-refractivity contribution < 1.29 is 4.74 Å². The predicted octanol–water partition coefficient (Wildman–Crippen LogP) is 4.61. The summed E-state index contributed by atoms with van der Waals surface area (Å²) >= 11 is 11.6. The Hall–Kier alpha value is -1.82. The second kappa shape index (κ2) is 8.52. The van der Waals surface area contributed by atoms with Crippen molar-refractivity contribution in [1.29, 1.82) is 0 Å². The molecule has 2 aromatic carbocycles. The Kier molecular flexibility index (Phi) is 6.64. The van der Waals surface area contributed by atoms with Crippen LogP contribution in [0.3, 0.4) is 0 Å². The summed E-state index contributed by atoms with van der Waals surface area (Å²) in [5, 5.41) is 7.11. The summed E-state index contributed by atoms with van der Waals surface area (Å²) in [7, 11) is 0. The number of rotatable bonds is 5. The Balaban J connectivity index is 2.21. The molecule has 0 radical (unpaired) electrons. The van der Waals surface area contributed by atoms with E-state index in [1.54, 1.807) is 6.07 Å². The van der Waals surface area contributed by atoms with Crippen LogP contribution in [0.5, 0.6) is 11.5 Å². The van der Waals surface area contributed by atoms with Crippen LogP contribution in [0.2, 0.25) is 5.02 Å². The quantitative estimate of drug-likeness (QED) is 0.664. The highest BCUT2D eigenvalue weighted by Gasteiger charge is 2.13. The normalized spacial score (nSPS) is 10.5. The van der Waals surface area contributed by atoms with Crippen LogP contribution in [0.15, 0.2) is 24.3 Å². The summed E-state index contributed by atoms with van der Waals surface area (Å²) in [5.41, 5.74) is 10.9. The number of anilines is 1. The minimum absolute atomic E-state index is 0.510. The highest BCUT2D eigenvalue weighted by molar-refractivity contribution is 7.80. The lowest BCUT2D eigenvalue weighted by Gasteiger charge is -2.17. The third kappa shape index (κ3) is 4.84. The van der Waals surface area contributed by atoms with Gasteiger partial charge in [0.1, 0.15) is 11.5 Å². The lowest BCUT2D eigenvalue weighted by molar-refractivity contribution is 0.474. The molecule has 134 valence electrons. The molecule has 25 heavy (non-hydrogen) atoms. The number of thiocarbonyl (C=S) groups is 1. The fourth-order valence-electron chi connectivity index (χ4n) is 2.47. The van der Waals surface area contributed by atoms with Gasteiger partial charge < -0.3 is 21.1 Å². The molecule has 0 unspecified atom stereocenters. The van der Waals surface area contributed by atoms with Gasteiger partial charge in [-0.1, -0.05) is 17.7 Å². The van der Waals surface area contributed by atoms with E-state index in [4.69, 9.17) is 34.3 Å². The van der Waals surface area contributed by atoms with Crippen LogP contribution in [-0.2, 0) is 0 Å². The predicted molar refractivity (Wildman–Crippen MR) is 110 cm³/mol. The fraction of sp³-hybridized carbons (Fsp3) is 0.316. The van der Waals surface area contributed by atoms with Crippen molar-refractivity contribution in [3.8, 4) is 11.5 Å². The highest BCUT2D eigenvalue weighted by atomic mass is 35.5. The molecule has 0 saturated carbocycles. The molecule has 6 heteroatoms. The van der Waals surface area contributed by atoms with Gasteiger partial charge in [0.15, 0.2) is 5.11 Å². The number of nitrogens with one attached hydrogen (secondary N) is 2. The average Bonchev–Trinajstić information content (AvgIpc) is 2.56. The smallest absolute Gasteiger partial charge is 0.170 e. The SMILES string of the molecule is Cc1cc(C)c(C)c(Oc2ccc(NC(=S)NCCN)cc2Cl)c1C. The van der Waals surface area contributed by atoms with Gasteiger partial charge in [-0.25, -0.2) is 0 Å². The molecule has 0 aliphatic carbocycles. The lowest BCUT2D eigenvalue weighted by atomic mass is 10.00. The van der Waals surface area contributed by atoms with Gasteiger partial charge >= 0.3 is 0 Å². The third-order valence-corrected chi connectivity index (χ3v) is 4.67. The summed E-state index contributed by atoms with van der Waals surface area (Å²) < 4.78 is 6.13. The Morgan fingerprint density at radius 2 is 1.76 bits per heavy atom. The molecule has 0 aromatic heterocycles. The molecule has 4 N–H and O–H groups in total. The van der Waals surface area contributed by atoms with Crippen LogP contribution in [0.1, 0.15) is 22.3 Å². The minimum atomic E-state index is 0.510. The Morgan fingerprint density at radius 3 is 2.32 bits per heavy atom. The van der Waals surface area contributed by atoms with Gasteiger partial charge in [-0.05, 0) is 80.4 Å². The van der Waals surface area contributed by atoms with Crippen molar-refractivity contribution in [3.05, 3.63) is 51.5 Å². The van der Waals surface area contributed by atoms with Crippen molar-refractivity contribution in [3.63, 3.8) is 0 Å². The molecular formula is C19H24ClN3OS. The van der Waals surface area contributed by atoms with E-state index in [1.165, 1.54) is 11.1 Å². The van der Waals surface area contributed by atoms with Crippen molar-refractivity contribution in [1.82, 2.24) is 5.32 Å². The maximum absolute atomic E-state index is 6.40. The second-order valence-corrected chi connectivity index (χ2v) is 6.82. The molecule has 0 aliphatic heterocycles. The Bertz CT molecular complexity index is 766. The molecule has 0 spiro atoms. The van der Waals surface area contributed by atoms with Gasteiger partial charge in [-0.15, -0.1) is 0 Å². The summed E-state index contributed by atoms with van der Waals surface area (Å²) in [6, 6.07) is 7.68. The molecule has 0 amide bonds. The number of nitrogens with two attached hydrogens (primary N) is 1. The average molecular weight is 378 g/mol. The number of benzene rings is 2. The van der Waals surface area contributed by atoms with Crippen LogP contribution < -0.4 is 21.1 Å². The van der Waals surface area contributed by atoms with Gasteiger partial charge in [-0.3, -0.25) is 0 Å². The van der Waals surface area contributed by atoms with E-state index in [1.807, 2.05) is 12.1 Å². The van der Waals surface area contributed by atoms with Gasteiger partial charge in [0.05, 0.1) is 5.02 Å². The first kappa shape index (κ1) is 19.5. The zero-order chi connectivity index (χ0) is 18.6. The molecule has 0 heterocycles. The first-order valence-electron chi connectivity index (χ1n) is 8.13. The number of hydrogen-bond acceptors (Lipinski definition) is 3. The zero-order valence-corrected chi connectivity index (χ0v) is 16.6. The Labute approximate surface area is 159 Å². The maximum Gasteiger partial charge on any atom is 0.170 e. The van der Waals surface area contributed by atoms with Crippen molar-refractivity contribution in [2.45, 2.75) is 27.7 Å². The first-order valence-corrected chi connectivity index (χ1v) is 8.91. The van der Waals surface area contributed by atoms with Crippen LogP contribution in [0, 0.1) is 27.7 Å². The molecule has 0 bridgehead atoms. The fourth-order valence-corrected chi connectivity index (χ4v) is 2.91. The number of hydrogen-bond donors (Lipinski definition) is 3. The van der Waals surface area contributed by atoms with Gasteiger partial charge in [0.25, 0.3) is 0 Å². The number of aryl methyl sites for hydroxylation is 2. The lowest BCUT2D eigenvalue weighted by Crippen LogP contribution is -2.32. The summed E-state index contributed by atoms with van der Waals surface area (Å²) in [6.07, 6.45) is 0. The van der Waals surface area contributed by atoms with Gasteiger partial charge in [0, 0.05) is 18.8 Å². The molecule has 0 aliphatic rings. The van der Waals surface area contributed by atoms with E-state index in [0.717, 1.165) is 22.6 Å². The van der Waals surface area contributed by atoms with Gasteiger partial charge in [0.2, 0.25) is 0 Å². The van der Waals surface area contributed by atoms with Gasteiger partial charge in [-0.2, -0.15) is 0 Å². The molecule has 0 saturated heterocycles. The van der Waals surface area contributed by atoms with E-state index < -0.39 is 0 Å². The zero-order valence-electron chi connectivity index (χ0n) is 15.0. The van der Waals surface area contributed by atoms with E-state index in [-0.39, 0.29) is 0 Å². The monoisotopic (exact) mass is 377 g/mol. The van der Waals surface area contributed by atoms with E-state index >= 15 is 0 Å². The van der Waals surface area contributed by atoms with Crippen LogP contribution >= 0.6 is 23.8 Å². The second-order valence-electron chi connectivity index (χ2n) is 6.01. The number of halogens is 1. The van der Waals surface area contributed by atoms with Crippen molar-refractivity contribution in [2.75, 3.05) is 18.4 Å². The van der Waals surface area contributed by atoms with Crippen molar-refractivity contribution in [2.24, 2.45) is 5.73 Å². The van der Waals surface area contributed by atoms with Crippen LogP contribution in [0.25, 0.3) is 0 Å². The molecule has 2 rings (SSSR count). The summed E-state index contributed by atoms with van der Waals surface area (Å²) in [4.78, 5) is 0. The summed E-state index contributed by atoms with van der Waals surface area (Å²) in [6.45, 7) is 9.41. The van der Waals surface area contributed by atoms with E-state index in [0.29, 0.717) is 29.0 Å². The molecule has 0 fully saturated rings. The van der Waals surface area contributed by atoms with Crippen molar-refractivity contribution >= 4 is 34.6 Å². The van der Waals surface area contributed by atoms with E-state index in [2.05, 4.69) is 44.4 Å². The minimum Gasteiger partial charge on any atom is -0.455 e. The third-order valence-electron chi connectivity index (χ3n) is 4.13. The highest BCUT2D eigenvalue weighted by Crippen LogP contribution is 2.36. The standard InChI is InChI=1S/C19H24ClN3OS/c1-11-9-12(2)14(4)18(13(11)3)24-17-6-5-15(10-16(17)20)23-19(25)22-8-7-21/h5-6,9-10H,7-8,21H2,1-4H3,(H2,22,23,25). The van der Waals surface area contributed by atoms with Crippen LogP contribution in [0.4, 0.5) is 5.69 Å².